The van der Waals surface area contributed by atoms with Gasteiger partial charge in [0.05, 0.1) is 5.52 Å². The van der Waals surface area contributed by atoms with Crippen molar-refractivity contribution >= 4 is 33.3 Å². The fraction of sp³-hybridized carbons (Fsp3) is 0.240. The number of azo groups is 1. The summed E-state index contributed by atoms with van der Waals surface area (Å²) in [6.45, 7) is 4.71. The van der Waals surface area contributed by atoms with Gasteiger partial charge in [-0.2, -0.15) is 0 Å². The Morgan fingerprint density at radius 2 is 1.71 bits per heavy atom. The molecular formula is C25H25N3O3. The molecule has 0 aliphatic rings. The maximum absolute atomic E-state index is 12.3. The molecule has 6 heteroatoms. The van der Waals surface area contributed by atoms with Gasteiger partial charge >= 0.3 is 5.91 Å². The highest BCUT2D eigenvalue weighted by atomic mass is 16.5. The molecular weight excluding hydrogens is 390 g/mol. The molecule has 1 aromatic heterocycles. The van der Waals surface area contributed by atoms with E-state index < -0.39 is 5.91 Å². The highest BCUT2D eigenvalue weighted by Gasteiger charge is 2.17. The molecule has 31 heavy (non-hydrogen) atoms. The lowest BCUT2D eigenvalue weighted by Gasteiger charge is -2.08. The number of rotatable bonds is 7. The Balaban J connectivity index is 1.53. The van der Waals surface area contributed by atoms with E-state index in [1.165, 1.54) is 0 Å². The summed E-state index contributed by atoms with van der Waals surface area (Å²) in [5.74, 6) is 0.618. The van der Waals surface area contributed by atoms with Gasteiger partial charge in [-0.15, -0.1) is 10.2 Å². The maximum Gasteiger partial charge on any atom is 0.302 e. The predicted octanol–water partition coefficient (Wildman–Crippen LogP) is 6.24. The summed E-state index contributed by atoms with van der Waals surface area (Å²) in [5.41, 5.74) is 1.17. The molecule has 4 rings (SSSR count). The number of benzene rings is 3. The number of carbonyl (C=O) groups is 1. The van der Waals surface area contributed by atoms with Crippen molar-refractivity contribution in [3.05, 3.63) is 66.7 Å². The van der Waals surface area contributed by atoms with E-state index >= 15 is 0 Å². The van der Waals surface area contributed by atoms with Gasteiger partial charge in [-0.25, -0.2) is 0 Å². The second kappa shape index (κ2) is 9.00. The van der Waals surface area contributed by atoms with E-state index in [-0.39, 0.29) is 12.5 Å². The molecule has 3 aromatic carbocycles. The summed E-state index contributed by atoms with van der Waals surface area (Å²) in [7, 11) is 0. The molecule has 158 valence electrons. The standard InChI is InChI=1S/C25H25N3O3/c1-17(2)14-15-28-21-12-6-5-11-20(21)24(25(28)30)27-26-23(29)16-31-22-13-7-9-18-8-3-4-10-19(18)22/h3-13,17,30H,14-16H2,1-2H3. The van der Waals surface area contributed by atoms with E-state index in [9.17, 15) is 9.90 Å². The van der Waals surface area contributed by atoms with Crippen molar-refractivity contribution < 1.29 is 14.6 Å². The zero-order chi connectivity index (χ0) is 21.8. The molecule has 1 amide bonds. The first-order valence-corrected chi connectivity index (χ1v) is 10.4. The quantitative estimate of drug-likeness (QED) is 0.363. The number of aromatic hydroxyl groups is 1. The molecule has 1 heterocycles. The van der Waals surface area contributed by atoms with E-state index in [4.69, 9.17) is 4.74 Å². The number of amides is 1. The van der Waals surface area contributed by atoms with Crippen LogP contribution in [0.25, 0.3) is 21.7 Å². The van der Waals surface area contributed by atoms with E-state index in [0.29, 0.717) is 23.9 Å². The zero-order valence-corrected chi connectivity index (χ0v) is 17.7. The zero-order valence-electron chi connectivity index (χ0n) is 17.7. The molecule has 0 fully saturated rings. The van der Waals surface area contributed by atoms with Gasteiger partial charge in [0.1, 0.15) is 5.75 Å². The van der Waals surface area contributed by atoms with Gasteiger partial charge in [-0.1, -0.05) is 68.4 Å². The molecule has 0 aliphatic carbocycles. The van der Waals surface area contributed by atoms with Crippen LogP contribution in [0.2, 0.25) is 0 Å². The lowest BCUT2D eigenvalue weighted by molar-refractivity contribution is -0.120. The summed E-state index contributed by atoms with van der Waals surface area (Å²) in [4.78, 5) is 12.3. The van der Waals surface area contributed by atoms with Gasteiger partial charge in [0.25, 0.3) is 0 Å². The van der Waals surface area contributed by atoms with Gasteiger partial charge in [0.15, 0.2) is 12.3 Å². The molecule has 4 aromatic rings. The van der Waals surface area contributed by atoms with Crippen molar-refractivity contribution in [2.45, 2.75) is 26.8 Å². The third-order valence-corrected chi connectivity index (χ3v) is 5.21. The fourth-order valence-corrected chi connectivity index (χ4v) is 3.58. The van der Waals surface area contributed by atoms with Crippen LogP contribution in [0.5, 0.6) is 11.6 Å². The van der Waals surface area contributed by atoms with Crippen LogP contribution in [-0.2, 0) is 11.3 Å². The normalized spacial score (nSPS) is 11.7. The molecule has 0 saturated carbocycles. The molecule has 6 nitrogen and oxygen atoms in total. The fourth-order valence-electron chi connectivity index (χ4n) is 3.58. The van der Waals surface area contributed by atoms with Crippen LogP contribution in [0.15, 0.2) is 77.0 Å². The first-order chi connectivity index (χ1) is 15.0. The largest absolute Gasteiger partial charge is 0.493 e. The summed E-state index contributed by atoms with van der Waals surface area (Å²) in [6, 6.07) is 21.1. The van der Waals surface area contributed by atoms with Gasteiger partial charge in [0, 0.05) is 17.3 Å². The predicted molar refractivity (Wildman–Crippen MR) is 122 cm³/mol. The minimum Gasteiger partial charge on any atom is -0.493 e. The van der Waals surface area contributed by atoms with Crippen LogP contribution in [-0.4, -0.2) is 22.2 Å². The Labute approximate surface area is 180 Å². The van der Waals surface area contributed by atoms with Gasteiger partial charge < -0.3 is 14.4 Å². The van der Waals surface area contributed by atoms with Crippen LogP contribution >= 0.6 is 0 Å². The minimum absolute atomic E-state index is 0.0216. The molecule has 0 saturated heterocycles. The molecule has 0 radical (unpaired) electrons. The average Bonchev–Trinajstić information content (AvgIpc) is 3.05. The monoisotopic (exact) mass is 415 g/mol. The molecule has 0 bridgehead atoms. The highest BCUT2D eigenvalue weighted by Crippen LogP contribution is 2.39. The Morgan fingerprint density at radius 3 is 2.52 bits per heavy atom. The van der Waals surface area contributed by atoms with Crippen molar-refractivity contribution in [1.29, 1.82) is 0 Å². The first kappa shape index (κ1) is 20.6. The van der Waals surface area contributed by atoms with E-state index in [1.54, 1.807) is 0 Å². The second-order valence-electron chi connectivity index (χ2n) is 7.88. The number of ether oxygens (including phenoxy) is 1. The third-order valence-electron chi connectivity index (χ3n) is 5.21. The summed E-state index contributed by atoms with van der Waals surface area (Å²) in [6.07, 6.45) is 0.917. The Kier molecular flexibility index (Phi) is 5.98. The van der Waals surface area contributed by atoms with Crippen LogP contribution in [0.3, 0.4) is 0 Å². The molecule has 0 atom stereocenters. The Hall–Kier alpha value is -3.67. The van der Waals surface area contributed by atoms with Gasteiger partial charge in [-0.05, 0) is 29.9 Å². The van der Waals surface area contributed by atoms with Crippen molar-refractivity contribution in [1.82, 2.24) is 4.57 Å². The summed E-state index contributed by atoms with van der Waals surface area (Å²) < 4.78 is 7.51. The number of carbonyl (C=O) groups excluding carboxylic acids is 1. The number of nitrogens with zero attached hydrogens (tertiary/aromatic N) is 3. The topological polar surface area (TPSA) is 76.2 Å². The Bertz CT molecular complexity index is 1250. The molecule has 1 N–H and O–H groups in total. The number of hydrogen-bond acceptors (Lipinski definition) is 4. The number of hydrogen-bond donors (Lipinski definition) is 1. The maximum atomic E-state index is 12.3. The number of aryl methyl sites for hydroxylation is 1. The van der Waals surface area contributed by atoms with Crippen LogP contribution in [0, 0.1) is 5.92 Å². The van der Waals surface area contributed by atoms with Crippen LogP contribution in [0.4, 0.5) is 5.69 Å². The lowest BCUT2D eigenvalue weighted by Crippen LogP contribution is -2.08. The number of aromatic nitrogens is 1. The third kappa shape index (κ3) is 4.43. The molecule has 0 spiro atoms. The number of fused-ring (bicyclic) bond motifs is 2. The first-order valence-electron chi connectivity index (χ1n) is 10.4. The average molecular weight is 415 g/mol. The smallest absolute Gasteiger partial charge is 0.302 e. The lowest BCUT2D eigenvalue weighted by atomic mass is 10.1. The van der Waals surface area contributed by atoms with E-state index in [0.717, 1.165) is 28.1 Å². The van der Waals surface area contributed by atoms with Crippen LogP contribution < -0.4 is 4.74 Å². The van der Waals surface area contributed by atoms with E-state index in [2.05, 4.69) is 24.1 Å². The Morgan fingerprint density at radius 1 is 1.00 bits per heavy atom. The number of para-hydroxylation sites is 1. The summed E-state index contributed by atoms with van der Waals surface area (Å²) in [5, 5.41) is 21.3. The van der Waals surface area contributed by atoms with Crippen molar-refractivity contribution in [3.63, 3.8) is 0 Å². The van der Waals surface area contributed by atoms with Crippen molar-refractivity contribution in [3.8, 4) is 11.6 Å². The van der Waals surface area contributed by atoms with Crippen molar-refractivity contribution in [2.24, 2.45) is 16.1 Å². The second-order valence-corrected chi connectivity index (χ2v) is 7.88. The molecule has 0 aliphatic heterocycles. The SMILES string of the molecule is CC(C)CCn1c(O)c(N=NC(=O)COc2cccc3ccccc23)c2ccccc21. The van der Waals surface area contributed by atoms with Gasteiger partial charge in [0.2, 0.25) is 5.88 Å². The van der Waals surface area contributed by atoms with Gasteiger partial charge in [-0.3, -0.25) is 4.79 Å². The highest BCUT2D eigenvalue weighted by molar-refractivity contribution is 5.95. The molecule has 0 unspecified atom stereocenters. The van der Waals surface area contributed by atoms with E-state index in [1.807, 2.05) is 71.3 Å². The minimum atomic E-state index is -0.522. The van der Waals surface area contributed by atoms with Crippen LogP contribution in [0.1, 0.15) is 20.3 Å². The van der Waals surface area contributed by atoms with Crippen molar-refractivity contribution in [2.75, 3.05) is 6.61 Å². The summed E-state index contributed by atoms with van der Waals surface area (Å²) >= 11 is 0.